The number of nitriles is 1. The predicted octanol–water partition coefficient (Wildman–Crippen LogP) is 4.53. The molecule has 1 aliphatic heterocycles. The fourth-order valence-corrected chi connectivity index (χ4v) is 3.66. The van der Waals surface area contributed by atoms with E-state index < -0.39 is 22.1 Å². The number of methoxy groups -OCH3 is 1. The smallest absolute Gasteiger partial charge is 0.465 e. The number of carbonyl (C=O) groups is 2. The van der Waals surface area contributed by atoms with Crippen molar-refractivity contribution in [3.8, 4) is 6.07 Å². The van der Waals surface area contributed by atoms with E-state index in [0.29, 0.717) is 22.4 Å². The maximum absolute atomic E-state index is 12.6. The third-order valence-corrected chi connectivity index (χ3v) is 5.09. The van der Waals surface area contributed by atoms with Crippen LogP contribution in [0.2, 0.25) is 0 Å². The molecule has 2 aromatic rings. The molecule has 28 heavy (non-hydrogen) atoms. The number of carboxylic acid groups (broad SMARTS) is 1. The van der Waals surface area contributed by atoms with E-state index in [1.165, 1.54) is 7.11 Å². The van der Waals surface area contributed by atoms with Crippen molar-refractivity contribution in [2.75, 3.05) is 7.11 Å². The van der Waals surface area contributed by atoms with Crippen molar-refractivity contribution in [3.63, 3.8) is 0 Å². The number of amides is 1. The lowest BCUT2D eigenvalue weighted by Gasteiger charge is -2.38. The van der Waals surface area contributed by atoms with Crippen molar-refractivity contribution in [1.82, 2.24) is 4.48 Å². The second kappa shape index (κ2) is 6.63. The zero-order valence-electron chi connectivity index (χ0n) is 16.2. The normalized spacial score (nSPS) is 18.0. The summed E-state index contributed by atoms with van der Waals surface area (Å²) in [6, 6.07) is 14.1. The third-order valence-electron chi connectivity index (χ3n) is 5.09. The number of nitrogens with zero attached hydrogens (tertiary/aromatic N) is 2. The molecule has 3 rings (SSSR count). The largest absolute Gasteiger partial charge is 0.524 e. The quantitative estimate of drug-likeness (QED) is 0.614. The van der Waals surface area contributed by atoms with Gasteiger partial charge in [0.1, 0.15) is 17.3 Å². The van der Waals surface area contributed by atoms with Gasteiger partial charge in [-0.05, 0) is 50.6 Å². The monoisotopic (exact) mass is 377 g/mol. The van der Waals surface area contributed by atoms with E-state index in [1.54, 1.807) is 48.7 Å². The van der Waals surface area contributed by atoms with E-state index >= 15 is 0 Å². The van der Waals surface area contributed by atoms with Gasteiger partial charge < -0.3 is 9.84 Å². The fraction of sp³-hybridized carbons (Fsp3) is 0.227. The highest BCUT2D eigenvalue weighted by atomic mass is 16.5. The number of esters is 1. The number of benzene rings is 2. The van der Waals surface area contributed by atoms with Crippen molar-refractivity contribution in [1.29, 1.82) is 5.26 Å². The van der Waals surface area contributed by atoms with Crippen LogP contribution in [0.15, 0.2) is 48.7 Å². The molecule has 0 bridgehead atoms. The SMILES string of the molecule is COC(=O)c1cccc2c1[N+](C(=O)O)(C(C)(C)C)C=C2c1ccc(C#N)cc1. The number of rotatable bonds is 2. The second-order valence-electron chi connectivity index (χ2n) is 7.60. The molecule has 0 spiro atoms. The summed E-state index contributed by atoms with van der Waals surface area (Å²) in [4.78, 5) is 25.1. The molecule has 142 valence electrons. The summed E-state index contributed by atoms with van der Waals surface area (Å²) < 4.78 is 4.38. The van der Waals surface area contributed by atoms with Crippen LogP contribution < -0.4 is 4.48 Å². The summed E-state index contributed by atoms with van der Waals surface area (Å²) in [5.74, 6) is -0.584. The zero-order chi connectivity index (χ0) is 20.7. The van der Waals surface area contributed by atoms with E-state index in [0.717, 1.165) is 5.56 Å². The molecule has 1 N–H and O–H groups in total. The molecule has 1 amide bonds. The number of fused-ring (bicyclic) bond motifs is 1. The minimum atomic E-state index is -1.09. The molecule has 2 aromatic carbocycles. The summed E-state index contributed by atoms with van der Waals surface area (Å²) in [5, 5.41) is 19.3. The number of hydrogen-bond acceptors (Lipinski definition) is 4. The Hall–Kier alpha value is -3.43. The van der Waals surface area contributed by atoms with Gasteiger partial charge in [0.05, 0.1) is 24.3 Å². The maximum Gasteiger partial charge on any atom is 0.524 e. The van der Waals surface area contributed by atoms with Crippen LogP contribution in [0.4, 0.5) is 10.5 Å². The van der Waals surface area contributed by atoms with Crippen molar-refractivity contribution in [2.24, 2.45) is 0 Å². The molecule has 1 unspecified atom stereocenters. The Morgan fingerprint density at radius 3 is 2.25 bits per heavy atom. The van der Waals surface area contributed by atoms with Gasteiger partial charge in [-0.2, -0.15) is 14.5 Å². The number of ether oxygens (including phenoxy) is 1. The van der Waals surface area contributed by atoms with Crippen LogP contribution in [0, 0.1) is 11.3 Å². The molecule has 1 atom stereocenters. The first-order valence-electron chi connectivity index (χ1n) is 8.75. The van der Waals surface area contributed by atoms with Gasteiger partial charge in [0.2, 0.25) is 0 Å². The van der Waals surface area contributed by atoms with Crippen LogP contribution in [0.5, 0.6) is 0 Å². The van der Waals surface area contributed by atoms with Crippen LogP contribution in [-0.4, -0.2) is 29.8 Å². The average molecular weight is 377 g/mol. The van der Waals surface area contributed by atoms with E-state index in [2.05, 4.69) is 6.07 Å². The Bertz CT molecular complexity index is 1040. The van der Waals surface area contributed by atoms with E-state index in [1.807, 2.05) is 20.8 Å². The molecule has 0 saturated carbocycles. The lowest BCUT2D eigenvalue weighted by Crippen LogP contribution is -2.60. The zero-order valence-corrected chi connectivity index (χ0v) is 16.2. The summed E-state index contributed by atoms with van der Waals surface area (Å²) >= 11 is 0. The second-order valence-corrected chi connectivity index (χ2v) is 7.60. The van der Waals surface area contributed by atoms with E-state index in [4.69, 9.17) is 10.00 Å². The standard InChI is InChI=1S/C22H20N2O4/c1-22(2,3)24(21(26)27)13-18(15-10-8-14(12-23)9-11-15)16-6-5-7-17(19(16)24)20(25)28-4/h5-11,13H,1-4H3/p+1. The highest BCUT2D eigenvalue weighted by Crippen LogP contribution is 2.50. The molecular formula is C22H21N2O4+. The average Bonchev–Trinajstić information content (AvgIpc) is 3.04. The molecule has 6 heteroatoms. The third kappa shape index (κ3) is 2.68. The Labute approximate surface area is 163 Å². The minimum Gasteiger partial charge on any atom is -0.465 e. The van der Waals surface area contributed by atoms with Gasteiger partial charge in [-0.25, -0.2) is 4.79 Å². The minimum absolute atomic E-state index is 0.220. The van der Waals surface area contributed by atoms with Gasteiger partial charge in [0.25, 0.3) is 0 Å². The van der Waals surface area contributed by atoms with Crippen molar-refractivity contribution < 1.29 is 19.4 Å². The Kier molecular flexibility index (Phi) is 4.58. The van der Waals surface area contributed by atoms with Gasteiger partial charge in [-0.3, -0.25) is 0 Å². The Balaban J connectivity index is 2.39. The lowest BCUT2D eigenvalue weighted by molar-refractivity contribution is 0.0598. The summed E-state index contributed by atoms with van der Waals surface area (Å²) in [6.45, 7) is 5.45. The molecule has 0 aromatic heterocycles. The van der Waals surface area contributed by atoms with Crippen molar-refractivity contribution in [3.05, 3.63) is 70.9 Å². The first-order chi connectivity index (χ1) is 13.2. The molecule has 0 aliphatic carbocycles. The number of quaternary nitrogens is 1. The van der Waals surface area contributed by atoms with Gasteiger partial charge >= 0.3 is 12.1 Å². The van der Waals surface area contributed by atoms with Crippen molar-refractivity contribution in [2.45, 2.75) is 26.3 Å². The molecule has 0 radical (unpaired) electrons. The van der Waals surface area contributed by atoms with Crippen LogP contribution in [-0.2, 0) is 4.74 Å². The number of carbonyl (C=O) groups excluding carboxylic acids is 1. The first-order valence-corrected chi connectivity index (χ1v) is 8.75. The number of hydrogen-bond donors (Lipinski definition) is 1. The topological polar surface area (TPSA) is 87.4 Å². The van der Waals surface area contributed by atoms with Gasteiger partial charge in [-0.15, -0.1) is 0 Å². The van der Waals surface area contributed by atoms with E-state index in [-0.39, 0.29) is 5.56 Å². The van der Waals surface area contributed by atoms with Gasteiger partial charge in [0, 0.05) is 5.57 Å². The van der Waals surface area contributed by atoms with E-state index in [9.17, 15) is 14.7 Å². The first kappa shape index (κ1) is 19.3. The lowest BCUT2D eigenvalue weighted by atomic mass is 9.95. The Morgan fingerprint density at radius 1 is 1.11 bits per heavy atom. The molecule has 0 fully saturated rings. The van der Waals surface area contributed by atoms with Crippen LogP contribution >= 0.6 is 0 Å². The summed E-state index contributed by atoms with van der Waals surface area (Å²) in [5.41, 5.74) is 2.46. The van der Waals surface area contributed by atoms with Gasteiger partial charge in [0.15, 0.2) is 5.69 Å². The highest BCUT2D eigenvalue weighted by molar-refractivity contribution is 6.08. The van der Waals surface area contributed by atoms with Crippen LogP contribution in [0.3, 0.4) is 0 Å². The molecule has 1 heterocycles. The van der Waals surface area contributed by atoms with Crippen LogP contribution in [0.1, 0.15) is 47.8 Å². The molecule has 1 aliphatic rings. The van der Waals surface area contributed by atoms with Gasteiger partial charge in [-0.1, -0.05) is 18.2 Å². The molecule has 6 nitrogen and oxygen atoms in total. The molecular weight excluding hydrogens is 356 g/mol. The summed E-state index contributed by atoms with van der Waals surface area (Å²) in [7, 11) is 1.28. The predicted molar refractivity (Wildman–Crippen MR) is 106 cm³/mol. The Morgan fingerprint density at radius 2 is 1.75 bits per heavy atom. The maximum atomic E-state index is 12.6. The summed E-state index contributed by atoms with van der Waals surface area (Å²) in [6.07, 6.45) is 0.578. The van der Waals surface area contributed by atoms with Crippen LogP contribution in [0.25, 0.3) is 5.57 Å². The number of para-hydroxylation sites is 1. The highest BCUT2D eigenvalue weighted by Gasteiger charge is 2.56. The molecule has 0 saturated heterocycles. The fourth-order valence-electron chi connectivity index (χ4n) is 3.66. The van der Waals surface area contributed by atoms with Crippen molar-refractivity contribution >= 4 is 23.3 Å².